The van der Waals surface area contributed by atoms with Crippen molar-refractivity contribution in [1.29, 1.82) is 0 Å². The lowest BCUT2D eigenvalue weighted by molar-refractivity contribution is 1.06. The van der Waals surface area contributed by atoms with Crippen molar-refractivity contribution in [2.75, 3.05) is 0 Å². The lowest BCUT2D eigenvalue weighted by Crippen LogP contribution is -1.95. The van der Waals surface area contributed by atoms with Gasteiger partial charge in [-0.25, -0.2) is 0 Å². The van der Waals surface area contributed by atoms with E-state index in [1.807, 2.05) is 59.2 Å². The maximum Gasteiger partial charge on any atom is 0.168 e. The van der Waals surface area contributed by atoms with Crippen LogP contribution in [-0.2, 0) is 0 Å². The van der Waals surface area contributed by atoms with E-state index in [1.165, 1.54) is 0 Å². The van der Waals surface area contributed by atoms with Crippen molar-refractivity contribution in [3.63, 3.8) is 0 Å². The van der Waals surface area contributed by atoms with Gasteiger partial charge in [-0.3, -0.25) is 4.57 Å². The van der Waals surface area contributed by atoms with Crippen LogP contribution in [0.1, 0.15) is 0 Å². The molecule has 0 aliphatic rings. The second-order valence-electron chi connectivity index (χ2n) is 3.87. The molecule has 1 aromatic heterocycles. The Kier molecular flexibility index (Phi) is 2.82. The molecule has 1 heterocycles. The van der Waals surface area contributed by atoms with Crippen LogP contribution in [0.25, 0.3) is 17.1 Å². The molecule has 0 bridgehead atoms. The smallest absolute Gasteiger partial charge is 0.168 e. The van der Waals surface area contributed by atoms with Crippen LogP contribution in [0.3, 0.4) is 0 Å². The van der Waals surface area contributed by atoms with E-state index in [1.54, 1.807) is 6.33 Å². The first-order valence-electron chi connectivity index (χ1n) is 5.56. The van der Waals surface area contributed by atoms with Crippen molar-refractivity contribution in [1.82, 2.24) is 14.8 Å². The number of hydrogen-bond donors (Lipinski definition) is 0. The zero-order valence-corrected chi connectivity index (χ0v) is 10.2. The average molecular weight is 256 g/mol. The Bertz CT molecular complexity index is 644. The van der Waals surface area contributed by atoms with Crippen LogP contribution >= 0.6 is 11.6 Å². The zero-order chi connectivity index (χ0) is 12.4. The maximum atomic E-state index is 5.89. The summed E-state index contributed by atoms with van der Waals surface area (Å²) in [5.74, 6) is 0.818. The maximum absolute atomic E-state index is 5.89. The number of benzene rings is 2. The summed E-state index contributed by atoms with van der Waals surface area (Å²) >= 11 is 5.89. The molecule has 3 rings (SSSR count). The number of nitrogens with zero attached hydrogens (tertiary/aromatic N) is 3. The first-order valence-corrected chi connectivity index (χ1v) is 5.94. The highest BCUT2D eigenvalue weighted by Gasteiger charge is 2.07. The Morgan fingerprint density at radius 1 is 0.889 bits per heavy atom. The molecule has 0 fully saturated rings. The Balaban J connectivity index is 2.10. The lowest BCUT2D eigenvalue weighted by atomic mass is 10.2. The monoisotopic (exact) mass is 255 g/mol. The van der Waals surface area contributed by atoms with Gasteiger partial charge in [0.25, 0.3) is 0 Å². The summed E-state index contributed by atoms with van der Waals surface area (Å²) in [6, 6.07) is 17.6. The minimum absolute atomic E-state index is 0.716. The van der Waals surface area contributed by atoms with E-state index >= 15 is 0 Å². The van der Waals surface area contributed by atoms with E-state index in [-0.39, 0.29) is 0 Å². The van der Waals surface area contributed by atoms with Crippen molar-refractivity contribution in [2.24, 2.45) is 0 Å². The van der Waals surface area contributed by atoms with Crippen LogP contribution < -0.4 is 0 Å². The molecule has 0 amide bonds. The van der Waals surface area contributed by atoms with Gasteiger partial charge >= 0.3 is 0 Å². The summed E-state index contributed by atoms with van der Waals surface area (Å²) in [7, 11) is 0. The highest BCUT2D eigenvalue weighted by atomic mass is 35.5. The van der Waals surface area contributed by atoms with Crippen LogP contribution in [0, 0.1) is 0 Å². The molecule has 18 heavy (non-hydrogen) atoms. The van der Waals surface area contributed by atoms with E-state index in [2.05, 4.69) is 10.2 Å². The Morgan fingerprint density at radius 3 is 2.33 bits per heavy atom. The summed E-state index contributed by atoms with van der Waals surface area (Å²) in [4.78, 5) is 0. The molecule has 0 unspecified atom stereocenters. The highest BCUT2D eigenvalue weighted by Crippen LogP contribution is 2.21. The fraction of sp³-hybridized carbons (Fsp3) is 0. The molecular weight excluding hydrogens is 246 g/mol. The van der Waals surface area contributed by atoms with Gasteiger partial charge in [0.15, 0.2) is 5.82 Å². The molecular formula is C14H10ClN3. The Morgan fingerprint density at radius 2 is 1.61 bits per heavy atom. The van der Waals surface area contributed by atoms with Crippen molar-refractivity contribution >= 4 is 11.6 Å². The van der Waals surface area contributed by atoms with Gasteiger partial charge in [0, 0.05) is 16.3 Å². The van der Waals surface area contributed by atoms with E-state index in [9.17, 15) is 0 Å². The van der Waals surface area contributed by atoms with Gasteiger partial charge in [-0.15, -0.1) is 10.2 Å². The van der Waals surface area contributed by atoms with E-state index in [0.29, 0.717) is 5.02 Å². The summed E-state index contributed by atoms with van der Waals surface area (Å²) in [6.07, 6.45) is 1.70. The van der Waals surface area contributed by atoms with Crippen molar-refractivity contribution in [3.8, 4) is 17.1 Å². The first kappa shape index (κ1) is 11.0. The predicted octanol–water partition coefficient (Wildman–Crippen LogP) is 3.59. The molecule has 3 nitrogen and oxygen atoms in total. The van der Waals surface area contributed by atoms with Crippen LogP contribution in [-0.4, -0.2) is 14.8 Å². The molecule has 4 heteroatoms. The molecule has 0 N–H and O–H groups in total. The van der Waals surface area contributed by atoms with Crippen molar-refractivity contribution < 1.29 is 0 Å². The summed E-state index contributed by atoms with van der Waals surface area (Å²) in [6.45, 7) is 0. The second kappa shape index (κ2) is 4.63. The van der Waals surface area contributed by atoms with Gasteiger partial charge in [-0.2, -0.15) is 0 Å². The van der Waals surface area contributed by atoms with Gasteiger partial charge in [-0.1, -0.05) is 41.9 Å². The Hall–Kier alpha value is -2.13. The normalized spacial score (nSPS) is 10.5. The molecule has 0 aliphatic heterocycles. The van der Waals surface area contributed by atoms with Crippen LogP contribution in [0.5, 0.6) is 0 Å². The lowest BCUT2D eigenvalue weighted by Gasteiger charge is -2.06. The summed E-state index contributed by atoms with van der Waals surface area (Å²) in [5, 5.41) is 8.86. The molecule has 0 aliphatic carbocycles. The van der Waals surface area contributed by atoms with Crippen molar-refractivity contribution in [3.05, 3.63) is 65.9 Å². The average Bonchev–Trinajstić information content (AvgIpc) is 2.90. The molecule has 88 valence electrons. The molecule has 3 aromatic rings. The third-order valence-corrected chi connectivity index (χ3v) is 2.94. The largest absolute Gasteiger partial charge is 0.282 e. The molecule has 0 radical (unpaired) electrons. The summed E-state index contributed by atoms with van der Waals surface area (Å²) in [5.41, 5.74) is 2.02. The van der Waals surface area contributed by atoms with E-state index in [0.717, 1.165) is 17.1 Å². The third-order valence-electron chi connectivity index (χ3n) is 2.68. The second-order valence-corrected chi connectivity index (χ2v) is 4.30. The van der Waals surface area contributed by atoms with E-state index < -0.39 is 0 Å². The van der Waals surface area contributed by atoms with Gasteiger partial charge in [0.2, 0.25) is 0 Å². The quantitative estimate of drug-likeness (QED) is 0.701. The van der Waals surface area contributed by atoms with Gasteiger partial charge < -0.3 is 0 Å². The summed E-state index contributed by atoms with van der Waals surface area (Å²) < 4.78 is 1.94. The van der Waals surface area contributed by atoms with Gasteiger partial charge in [0.05, 0.1) is 0 Å². The fourth-order valence-electron chi connectivity index (χ4n) is 1.81. The van der Waals surface area contributed by atoms with Crippen LogP contribution in [0.2, 0.25) is 5.02 Å². The number of rotatable bonds is 2. The molecule has 0 saturated carbocycles. The van der Waals surface area contributed by atoms with Gasteiger partial charge in [-0.05, 0) is 24.3 Å². The Labute approximate surface area is 110 Å². The molecule has 0 atom stereocenters. The van der Waals surface area contributed by atoms with Gasteiger partial charge in [0.1, 0.15) is 6.33 Å². The minimum atomic E-state index is 0.716. The topological polar surface area (TPSA) is 30.7 Å². The highest BCUT2D eigenvalue weighted by molar-refractivity contribution is 6.30. The zero-order valence-electron chi connectivity index (χ0n) is 9.49. The minimum Gasteiger partial charge on any atom is -0.282 e. The number of aromatic nitrogens is 3. The number of hydrogen-bond acceptors (Lipinski definition) is 2. The van der Waals surface area contributed by atoms with Crippen molar-refractivity contribution in [2.45, 2.75) is 0 Å². The van der Waals surface area contributed by atoms with Crippen LogP contribution in [0.15, 0.2) is 60.9 Å². The SMILES string of the molecule is Clc1ccc(-n2cnnc2-c2ccccc2)cc1. The third kappa shape index (κ3) is 2.00. The number of halogens is 1. The molecule has 0 spiro atoms. The first-order chi connectivity index (χ1) is 8.84. The fourth-order valence-corrected chi connectivity index (χ4v) is 1.94. The predicted molar refractivity (Wildman–Crippen MR) is 71.8 cm³/mol. The van der Waals surface area contributed by atoms with E-state index in [4.69, 9.17) is 11.6 Å². The molecule has 2 aromatic carbocycles. The standard InChI is InChI=1S/C14H10ClN3/c15-12-6-8-13(9-7-12)18-10-16-17-14(18)11-4-2-1-3-5-11/h1-10H. The molecule has 0 saturated heterocycles. The van der Waals surface area contributed by atoms with Crippen LogP contribution in [0.4, 0.5) is 0 Å².